The monoisotopic (exact) mass is 455 g/mol. The van der Waals surface area contributed by atoms with Crippen molar-refractivity contribution in [2.24, 2.45) is 0 Å². The summed E-state index contributed by atoms with van der Waals surface area (Å²) in [5, 5.41) is 25.6. The van der Waals surface area contributed by atoms with Gasteiger partial charge in [0.15, 0.2) is 0 Å². The SMILES string of the molecule is CCc1cc(I)ccc1Nc1ccc([N+](=O)[O-])cc1C(=O)NCCO. The zero-order chi connectivity index (χ0) is 18.4. The average Bonchev–Trinajstić information content (AvgIpc) is 2.61. The van der Waals surface area contributed by atoms with Gasteiger partial charge in [-0.3, -0.25) is 14.9 Å². The molecular formula is C17H18IN3O4. The van der Waals surface area contributed by atoms with Crippen LogP contribution in [0, 0.1) is 13.7 Å². The molecule has 0 aromatic heterocycles. The van der Waals surface area contributed by atoms with Gasteiger partial charge in [0.2, 0.25) is 0 Å². The maximum absolute atomic E-state index is 12.3. The van der Waals surface area contributed by atoms with Gasteiger partial charge in [0.25, 0.3) is 11.6 Å². The van der Waals surface area contributed by atoms with Gasteiger partial charge < -0.3 is 15.7 Å². The second-order valence-corrected chi connectivity index (χ2v) is 6.49. The van der Waals surface area contributed by atoms with Gasteiger partial charge in [-0.2, -0.15) is 0 Å². The summed E-state index contributed by atoms with van der Waals surface area (Å²) in [5.41, 5.74) is 2.37. The number of benzene rings is 2. The van der Waals surface area contributed by atoms with Crippen LogP contribution in [0.2, 0.25) is 0 Å². The molecule has 0 radical (unpaired) electrons. The molecule has 2 rings (SSSR count). The number of amides is 1. The lowest BCUT2D eigenvalue weighted by atomic mass is 10.1. The second-order valence-electron chi connectivity index (χ2n) is 5.25. The molecule has 0 saturated heterocycles. The highest BCUT2D eigenvalue weighted by Crippen LogP contribution is 2.28. The molecule has 1 amide bonds. The van der Waals surface area contributed by atoms with Crippen molar-refractivity contribution >= 4 is 45.6 Å². The molecule has 7 nitrogen and oxygen atoms in total. The average molecular weight is 455 g/mol. The van der Waals surface area contributed by atoms with Crippen LogP contribution >= 0.6 is 22.6 Å². The highest BCUT2D eigenvalue weighted by atomic mass is 127. The largest absolute Gasteiger partial charge is 0.395 e. The Morgan fingerprint density at radius 1 is 1.24 bits per heavy atom. The number of carbonyl (C=O) groups excluding carboxylic acids is 1. The smallest absolute Gasteiger partial charge is 0.270 e. The molecule has 2 aromatic carbocycles. The molecule has 0 aliphatic rings. The number of nitrogens with one attached hydrogen (secondary N) is 2. The van der Waals surface area contributed by atoms with Crippen molar-refractivity contribution in [3.63, 3.8) is 0 Å². The number of aliphatic hydroxyl groups excluding tert-OH is 1. The van der Waals surface area contributed by atoms with Crippen molar-refractivity contribution in [2.45, 2.75) is 13.3 Å². The van der Waals surface area contributed by atoms with Gasteiger partial charge in [-0.1, -0.05) is 6.92 Å². The number of nitro benzene ring substituents is 1. The molecule has 0 aliphatic carbocycles. The Bertz CT molecular complexity index is 795. The van der Waals surface area contributed by atoms with E-state index in [0.717, 1.165) is 21.2 Å². The van der Waals surface area contributed by atoms with Crippen LogP contribution in [0.3, 0.4) is 0 Å². The molecule has 132 valence electrons. The molecular weight excluding hydrogens is 437 g/mol. The van der Waals surface area contributed by atoms with E-state index in [1.165, 1.54) is 18.2 Å². The third kappa shape index (κ3) is 4.89. The summed E-state index contributed by atoms with van der Waals surface area (Å²) in [6.45, 7) is 1.90. The van der Waals surface area contributed by atoms with Crippen LogP contribution in [0.4, 0.5) is 17.1 Å². The number of rotatable bonds is 7. The minimum absolute atomic E-state index is 0.0741. The van der Waals surface area contributed by atoms with Crippen LogP contribution < -0.4 is 10.6 Å². The van der Waals surface area contributed by atoms with Crippen LogP contribution in [-0.2, 0) is 6.42 Å². The second kappa shape index (κ2) is 8.77. The number of hydrogen-bond donors (Lipinski definition) is 3. The van der Waals surface area contributed by atoms with E-state index in [2.05, 4.69) is 33.2 Å². The fraction of sp³-hybridized carbons (Fsp3) is 0.235. The molecule has 0 saturated carbocycles. The Balaban J connectivity index is 2.42. The molecule has 0 unspecified atom stereocenters. The molecule has 0 atom stereocenters. The van der Waals surface area contributed by atoms with Gasteiger partial charge >= 0.3 is 0 Å². The lowest BCUT2D eigenvalue weighted by Crippen LogP contribution is -2.27. The number of non-ortho nitro benzene ring substituents is 1. The Morgan fingerprint density at radius 2 is 1.96 bits per heavy atom. The van der Waals surface area contributed by atoms with Crippen molar-refractivity contribution < 1.29 is 14.8 Å². The van der Waals surface area contributed by atoms with E-state index in [1.807, 2.05) is 25.1 Å². The highest BCUT2D eigenvalue weighted by molar-refractivity contribution is 14.1. The molecule has 0 spiro atoms. The zero-order valence-electron chi connectivity index (χ0n) is 13.6. The third-order valence-corrected chi connectivity index (χ3v) is 4.24. The summed E-state index contributed by atoms with van der Waals surface area (Å²) >= 11 is 2.23. The predicted octanol–water partition coefficient (Wildman–Crippen LogP) is 3.23. The standard InChI is InChI=1S/C17H18IN3O4/c1-2-11-9-12(18)3-5-15(11)20-16-6-4-13(21(24)25)10-14(16)17(23)19-7-8-22/h3-6,9-10,20,22H,2,7-8H2,1H3,(H,19,23). The van der Waals surface area contributed by atoms with Crippen molar-refractivity contribution in [1.29, 1.82) is 0 Å². The van der Waals surface area contributed by atoms with Crippen LogP contribution in [-0.4, -0.2) is 29.1 Å². The number of anilines is 2. The minimum atomic E-state index is -0.547. The topological polar surface area (TPSA) is 105 Å². The van der Waals surface area contributed by atoms with E-state index < -0.39 is 10.8 Å². The molecule has 0 aliphatic heterocycles. The van der Waals surface area contributed by atoms with Crippen LogP contribution in [0.5, 0.6) is 0 Å². The van der Waals surface area contributed by atoms with Gasteiger partial charge in [-0.15, -0.1) is 0 Å². The van der Waals surface area contributed by atoms with Crippen LogP contribution in [0.25, 0.3) is 0 Å². The third-order valence-electron chi connectivity index (χ3n) is 3.57. The number of aryl methyl sites for hydroxylation is 1. The summed E-state index contributed by atoms with van der Waals surface area (Å²) in [4.78, 5) is 22.8. The Morgan fingerprint density at radius 3 is 2.60 bits per heavy atom. The number of carbonyl (C=O) groups is 1. The molecule has 3 N–H and O–H groups in total. The predicted molar refractivity (Wildman–Crippen MR) is 104 cm³/mol. The molecule has 0 fully saturated rings. The van der Waals surface area contributed by atoms with Gasteiger partial charge in [-0.05, 0) is 58.8 Å². The number of hydrogen-bond acceptors (Lipinski definition) is 5. The van der Waals surface area contributed by atoms with Crippen LogP contribution in [0.15, 0.2) is 36.4 Å². The summed E-state index contributed by atoms with van der Waals surface area (Å²) in [6.07, 6.45) is 0.804. The Kier molecular flexibility index (Phi) is 6.71. The van der Waals surface area contributed by atoms with Gasteiger partial charge in [-0.25, -0.2) is 0 Å². The Hall–Kier alpha value is -2.20. The fourth-order valence-corrected chi connectivity index (χ4v) is 2.88. The van der Waals surface area contributed by atoms with E-state index in [1.54, 1.807) is 0 Å². The first kappa shape index (κ1) is 19.1. The maximum Gasteiger partial charge on any atom is 0.270 e. The van der Waals surface area contributed by atoms with Crippen molar-refractivity contribution in [1.82, 2.24) is 5.32 Å². The van der Waals surface area contributed by atoms with Crippen molar-refractivity contribution in [2.75, 3.05) is 18.5 Å². The first-order chi connectivity index (χ1) is 12.0. The summed E-state index contributed by atoms with van der Waals surface area (Å²) in [5.74, 6) is -0.483. The van der Waals surface area contributed by atoms with E-state index >= 15 is 0 Å². The van der Waals surface area contributed by atoms with Gasteiger partial charge in [0.05, 0.1) is 22.8 Å². The minimum Gasteiger partial charge on any atom is -0.395 e. The number of nitrogens with zero attached hydrogens (tertiary/aromatic N) is 1. The lowest BCUT2D eigenvalue weighted by molar-refractivity contribution is -0.384. The highest BCUT2D eigenvalue weighted by Gasteiger charge is 2.17. The van der Waals surface area contributed by atoms with Crippen LogP contribution in [0.1, 0.15) is 22.8 Å². The summed E-state index contributed by atoms with van der Waals surface area (Å²) in [7, 11) is 0. The lowest BCUT2D eigenvalue weighted by Gasteiger charge is -2.15. The van der Waals surface area contributed by atoms with E-state index in [4.69, 9.17) is 5.11 Å². The maximum atomic E-state index is 12.3. The number of halogens is 1. The number of nitro groups is 1. The molecule has 8 heteroatoms. The normalized spacial score (nSPS) is 10.4. The molecule has 0 heterocycles. The summed E-state index contributed by atoms with van der Waals surface area (Å²) < 4.78 is 1.10. The first-order valence-electron chi connectivity index (χ1n) is 7.69. The zero-order valence-corrected chi connectivity index (χ0v) is 15.7. The summed E-state index contributed by atoms with van der Waals surface area (Å²) in [6, 6.07) is 10.00. The fourth-order valence-electron chi connectivity index (χ4n) is 2.33. The quantitative estimate of drug-likeness (QED) is 0.338. The molecule has 0 bridgehead atoms. The molecule has 25 heavy (non-hydrogen) atoms. The molecule has 2 aromatic rings. The van der Waals surface area contributed by atoms with Crippen molar-refractivity contribution in [3.8, 4) is 0 Å². The van der Waals surface area contributed by atoms with E-state index in [0.29, 0.717) is 5.69 Å². The Labute approximate surface area is 158 Å². The van der Waals surface area contributed by atoms with E-state index in [9.17, 15) is 14.9 Å². The van der Waals surface area contributed by atoms with E-state index in [-0.39, 0.29) is 24.4 Å². The van der Waals surface area contributed by atoms with Crippen molar-refractivity contribution in [3.05, 3.63) is 61.2 Å². The van der Waals surface area contributed by atoms with Gasteiger partial charge in [0, 0.05) is 27.9 Å². The van der Waals surface area contributed by atoms with Gasteiger partial charge in [0.1, 0.15) is 0 Å². The number of aliphatic hydroxyl groups is 1. The first-order valence-corrected chi connectivity index (χ1v) is 8.77.